The third-order valence-corrected chi connectivity index (χ3v) is 3.82. The molecule has 1 saturated carbocycles. The number of ketones is 1. The predicted molar refractivity (Wildman–Crippen MR) is 68.2 cm³/mol. The van der Waals surface area contributed by atoms with Crippen LogP contribution in [0.25, 0.3) is 0 Å². The molecule has 2 nitrogen and oxygen atoms in total. The highest BCUT2D eigenvalue weighted by Gasteiger charge is 2.31. The second-order valence-electron chi connectivity index (χ2n) is 5.77. The van der Waals surface area contributed by atoms with Crippen molar-refractivity contribution in [3.8, 4) is 0 Å². The molecule has 0 amide bonds. The molecule has 3 atom stereocenters. The zero-order valence-electron chi connectivity index (χ0n) is 11.0. The van der Waals surface area contributed by atoms with Gasteiger partial charge in [-0.15, -0.1) is 0 Å². The molecule has 0 heterocycles. The predicted octanol–water partition coefficient (Wildman–Crippen LogP) is 3.15. The molecule has 0 saturated heterocycles. The normalized spacial score (nSPS) is 32.4. The van der Waals surface area contributed by atoms with Crippen LogP contribution in [0.3, 0.4) is 0 Å². The summed E-state index contributed by atoms with van der Waals surface area (Å²) in [5, 5.41) is 0. The molecule has 0 aliphatic heterocycles. The minimum atomic E-state index is -0.206. The highest BCUT2D eigenvalue weighted by atomic mass is 16.1. The molecule has 1 rings (SSSR count). The summed E-state index contributed by atoms with van der Waals surface area (Å²) in [5.74, 6) is 1.95. The van der Waals surface area contributed by atoms with Gasteiger partial charge in [-0.2, -0.15) is 0 Å². The Kier molecular flexibility index (Phi) is 5.47. The monoisotopic (exact) mass is 225 g/mol. The van der Waals surface area contributed by atoms with E-state index in [1.54, 1.807) is 0 Å². The quantitative estimate of drug-likeness (QED) is 0.781. The zero-order valence-corrected chi connectivity index (χ0v) is 11.0. The number of carbonyl (C=O) groups excluding carboxylic acids is 1. The van der Waals surface area contributed by atoms with Crippen LogP contribution < -0.4 is 5.73 Å². The molecule has 2 heteroatoms. The van der Waals surface area contributed by atoms with E-state index >= 15 is 0 Å². The average Bonchev–Trinajstić information content (AvgIpc) is 2.23. The van der Waals surface area contributed by atoms with Crippen LogP contribution in [0.4, 0.5) is 0 Å². The van der Waals surface area contributed by atoms with Gasteiger partial charge in [0.15, 0.2) is 5.78 Å². The fourth-order valence-electron chi connectivity index (χ4n) is 3.05. The molecular weight excluding hydrogens is 198 g/mol. The standard InChI is InChI=1S/C14H27NO/c1-4-5-6-13(15)14(16)12-8-10(2)7-11(3)9-12/h10-13H,4-9,15H2,1-3H3. The first-order chi connectivity index (χ1) is 7.54. The highest BCUT2D eigenvalue weighted by molar-refractivity contribution is 5.86. The first-order valence-electron chi connectivity index (χ1n) is 6.83. The molecule has 0 aromatic carbocycles. The Morgan fingerprint density at radius 2 is 1.81 bits per heavy atom. The molecule has 0 spiro atoms. The van der Waals surface area contributed by atoms with Crippen LogP contribution in [-0.2, 0) is 4.79 Å². The Hall–Kier alpha value is -0.370. The second kappa shape index (κ2) is 6.39. The lowest BCUT2D eigenvalue weighted by molar-refractivity contribution is -0.126. The second-order valence-corrected chi connectivity index (χ2v) is 5.77. The fourth-order valence-corrected chi connectivity index (χ4v) is 3.05. The van der Waals surface area contributed by atoms with Gasteiger partial charge in [0.1, 0.15) is 0 Å². The Morgan fingerprint density at radius 1 is 1.25 bits per heavy atom. The minimum Gasteiger partial charge on any atom is -0.321 e. The Balaban J connectivity index is 2.45. The van der Waals surface area contributed by atoms with Crippen molar-refractivity contribution in [3.05, 3.63) is 0 Å². The molecule has 0 radical (unpaired) electrons. The molecule has 16 heavy (non-hydrogen) atoms. The molecule has 0 bridgehead atoms. The fraction of sp³-hybridized carbons (Fsp3) is 0.929. The van der Waals surface area contributed by atoms with Crippen molar-refractivity contribution in [2.45, 2.75) is 65.3 Å². The van der Waals surface area contributed by atoms with E-state index in [2.05, 4.69) is 20.8 Å². The van der Waals surface area contributed by atoms with Crippen molar-refractivity contribution >= 4 is 5.78 Å². The maximum atomic E-state index is 12.2. The van der Waals surface area contributed by atoms with Gasteiger partial charge in [-0.25, -0.2) is 0 Å². The summed E-state index contributed by atoms with van der Waals surface area (Å²) < 4.78 is 0. The maximum absolute atomic E-state index is 12.2. The number of rotatable bonds is 5. The summed E-state index contributed by atoms with van der Waals surface area (Å²) in [6, 6.07) is -0.206. The lowest BCUT2D eigenvalue weighted by Crippen LogP contribution is -2.38. The first-order valence-corrected chi connectivity index (χ1v) is 6.83. The van der Waals surface area contributed by atoms with E-state index in [4.69, 9.17) is 5.73 Å². The van der Waals surface area contributed by atoms with E-state index in [1.165, 1.54) is 6.42 Å². The molecule has 0 aromatic heterocycles. The summed E-state index contributed by atoms with van der Waals surface area (Å²) >= 11 is 0. The Morgan fingerprint density at radius 3 is 2.31 bits per heavy atom. The third-order valence-electron chi connectivity index (χ3n) is 3.82. The van der Waals surface area contributed by atoms with Gasteiger partial charge in [-0.05, 0) is 37.5 Å². The van der Waals surface area contributed by atoms with Crippen LogP contribution in [0, 0.1) is 17.8 Å². The van der Waals surface area contributed by atoms with Crippen LogP contribution in [0.1, 0.15) is 59.3 Å². The summed E-state index contributed by atoms with van der Waals surface area (Å²) in [4.78, 5) is 12.2. The van der Waals surface area contributed by atoms with Gasteiger partial charge in [0.25, 0.3) is 0 Å². The number of hydrogen-bond donors (Lipinski definition) is 1. The summed E-state index contributed by atoms with van der Waals surface area (Å²) in [7, 11) is 0. The van der Waals surface area contributed by atoms with Crippen molar-refractivity contribution in [2.75, 3.05) is 0 Å². The van der Waals surface area contributed by atoms with E-state index in [-0.39, 0.29) is 12.0 Å². The van der Waals surface area contributed by atoms with Crippen LogP contribution in [0.15, 0.2) is 0 Å². The zero-order chi connectivity index (χ0) is 12.1. The number of nitrogens with two attached hydrogens (primary N) is 1. The van der Waals surface area contributed by atoms with Gasteiger partial charge >= 0.3 is 0 Å². The Bertz CT molecular complexity index is 217. The molecule has 94 valence electrons. The summed E-state index contributed by atoms with van der Waals surface area (Å²) in [5.41, 5.74) is 5.98. The van der Waals surface area contributed by atoms with Gasteiger partial charge in [0.05, 0.1) is 6.04 Å². The molecule has 1 fully saturated rings. The molecule has 2 N–H and O–H groups in total. The van der Waals surface area contributed by atoms with Gasteiger partial charge in [0.2, 0.25) is 0 Å². The molecule has 1 aliphatic rings. The number of Topliss-reactive ketones (excluding diaryl/α,β-unsaturated/α-hetero) is 1. The van der Waals surface area contributed by atoms with Crippen molar-refractivity contribution in [1.82, 2.24) is 0 Å². The number of hydrogen-bond acceptors (Lipinski definition) is 2. The van der Waals surface area contributed by atoms with Crippen LogP contribution >= 0.6 is 0 Å². The van der Waals surface area contributed by atoms with Gasteiger partial charge in [-0.3, -0.25) is 4.79 Å². The van der Waals surface area contributed by atoms with Crippen molar-refractivity contribution in [1.29, 1.82) is 0 Å². The van der Waals surface area contributed by atoms with Gasteiger partial charge in [0, 0.05) is 5.92 Å². The maximum Gasteiger partial charge on any atom is 0.152 e. The van der Waals surface area contributed by atoms with E-state index in [1.807, 2.05) is 0 Å². The lowest BCUT2D eigenvalue weighted by atomic mass is 9.73. The lowest BCUT2D eigenvalue weighted by Gasteiger charge is -2.31. The summed E-state index contributed by atoms with van der Waals surface area (Å²) in [6.45, 7) is 6.66. The molecule has 1 aliphatic carbocycles. The Labute approximate surface area is 100.0 Å². The number of unbranched alkanes of at least 4 members (excludes halogenated alkanes) is 1. The first kappa shape index (κ1) is 13.7. The SMILES string of the molecule is CCCCC(N)C(=O)C1CC(C)CC(C)C1. The van der Waals surface area contributed by atoms with Crippen molar-refractivity contribution < 1.29 is 4.79 Å². The van der Waals surface area contributed by atoms with Crippen molar-refractivity contribution in [3.63, 3.8) is 0 Å². The molecular formula is C14H27NO. The molecule has 3 unspecified atom stereocenters. The third kappa shape index (κ3) is 3.89. The minimum absolute atomic E-state index is 0.206. The largest absolute Gasteiger partial charge is 0.321 e. The van der Waals surface area contributed by atoms with Gasteiger partial charge < -0.3 is 5.73 Å². The topological polar surface area (TPSA) is 43.1 Å². The van der Waals surface area contributed by atoms with E-state index in [0.717, 1.165) is 32.1 Å². The van der Waals surface area contributed by atoms with E-state index in [0.29, 0.717) is 17.6 Å². The smallest absolute Gasteiger partial charge is 0.152 e. The van der Waals surface area contributed by atoms with Crippen LogP contribution in [0.5, 0.6) is 0 Å². The van der Waals surface area contributed by atoms with Crippen LogP contribution in [-0.4, -0.2) is 11.8 Å². The van der Waals surface area contributed by atoms with E-state index in [9.17, 15) is 4.79 Å². The average molecular weight is 225 g/mol. The number of carbonyl (C=O) groups is 1. The van der Waals surface area contributed by atoms with Gasteiger partial charge in [-0.1, -0.05) is 33.6 Å². The summed E-state index contributed by atoms with van der Waals surface area (Å²) in [6.07, 6.45) is 6.46. The van der Waals surface area contributed by atoms with Crippen molar-refractivity contribution in [2.24, 2.45) is 23.5 Å². The van der Waals surface area contributed by atoms with E-state index < -0.39 is 0 Å². The van der Waals surface area contributed by atoms with Crippen LogP contribution in [0.2, 0.25) is 0 Å². The molecule has 0 aromatic rings. The highest BCUT2D eigenvalue weighted by Crippen LogP contribution is 2.33.